The fourth-order valence-corrected chi connectivity index (χ4v) is 6.60. The van der Waals surface area contributed by atoms with E-state index in [1.165, 1.54) is 30.4 Å². The fraction of sp³-hybridized carbons (Fsp3) is 0.100. The number of oxime groups is 1. The van der Waals surface area contributed by atoms with Gasteiger partial charge in [-0.2, -0.15) is 0 Å². The van der Waals surface area contributed by atoms with Crippen molar-refractivity contribution < 1.29 is 22.8 Å². The number of halogens is 1. The van der Waals surface area contributed by atoms with Gasteiger partial charge in [0.25, 0.3) is 0 Å². The summed E-state index contributed by atoms with van der Waals surface area (Å²) < 4.78 is 25.6. The predicted molar refractivity (Wildman–Crippen MR) is 159 cm³/mol. The molecule has 0 aliphatic heterocycles. The average Bonchev–Trinajstić information content (AvgIpc) is 2.96. The molecule has 4 aromatic rings. The molecular formula is C30H24ClNO5S3. The van der Waals surface area contributed by atoms with Crippen LogP contribution in [0, 0.1) is 0 Å². The summed E-state index contributed by atoms with van der Waals surface area (Å²) in [6.07, 6.45) is 0.300. The van der Waals surface area contributed by atoms with Gasteiger partial charge in [0.05, 0.1) is 9.79 Å². The number of rotatable bonds is 11. The van der Waals surface area contributed by atoms with Crippen molar-refractivity contribution in [2.45, 2.75) is 37.8 Å². The van der Waals surface area contributed by atoms with Crippen molar-refractivity contribution in [1.29, 1.82) is 0 Å². The van der Waals surface area contributed by atoms with Gasteiger partial charge in [-0.15, -0.1) is 11.8 Å². The van der Waals surface area contributed by atoms with Gasteiger partial charge >= 0.3 is 5.97 Å². The second kappa shape index (κ2) is 13.8. The Hall–Kier alpha value is -3.37. The lowest BCUT2D eigenvalue weighted by atomic mass is 10.1. The normalized spacial score (nSPS) is 11.7. The van der Waals surface area contributed by atoms with Gasteiger partial charge < -0.3 is 4.84 Å². The lowest BCUT2D eigenvalue weighted by Crippen LogP contribution is -2.16. The molecule has 0 saturated carbocycles. The summed E-state index contributed by atoms with van der Waals surface area (Å²) in [4.78, 5) is 32.4. The van der Waals surface area contributed by atoms with Gasteiger partial charge in [0.15, 0.2) is 0 Å². The van der Waals surface area contributed by atoms with Crippen LogP contribution in [0.1, 0.15) is 23.7 Å². The number of benzene rings is 4. The largest absolute Gasteiger partial charge is 0.331 e. The lowest BCUT2D eigenvalue weighted by Gasteiger charge is -2.08. The zero-order valence-electron chi connectivity index (χ0n) is 21.3. The van der Waals surface area contributed by atoms with Crippen molar-refractivity contribution in [3.8, 4) is 0 Å². The molecule has 0 atom stereocenters. The van der Waals surface area contributed by atoms with Crippen molar-refractivity contribution in [3.05, 3.63) is 114 Å². The van der Waals surface area contributed by atoms with Gasteiger partial charge in [0.1, 0.15) is 5.71 Å². The van der Waals surface area contributed by atoms with E-state index in [0.29, 0.717) is 22.8 Å². The number of nitrogens with zero attached hydrogens (tertiary/aromatic N) is 1. The van der Waals surface area contributed by atoms with Crippen molar-refractivity contribution >= 4 is 62.4 Å². The van der Waals surface area contributed by atoms with Crippen LogP contribution in [0.4, 0.5) is 0 Å². The van der Waals surface area contributed by atoms with Crippen molar-refractivity contribution in [2.75, 3.05) is 5.75 Å². The molecule has 0 heterocycles. The van der Waals surface area contributed by atoms with E-state index in [-0.39, 0.29) is 21.3 Å². The summed E-state index contributed by atoms with van der Waals surface area (Å²) in [5.41, 5.74) is 0.559. The second-order valence-corrected chi connectivity index (χ2v) is 13.1. The Bertz CT molecular complexity index is 1610. The zero-order chi connectivity index (χ0) is 28.5. The summed E-state index contributed by atoms with van der Waals surface area (Å²) in [5.74, 6) is -0.382. The SMILES string of the molecule is CC(=O)ON=C(CCSc1ccc(Cl)cc1)C(=O)c1ccc(Sc2ccc(S(=O)(=O)c3ccccc3)cc2)cc1. The molecule has 10 heteroatoms. The van der Waals surface area contributed by atoms with Gasteiger partial charge in [0, 0.05) is 44.4 Å². The fourth-order valence-electron chi connectivity index (χ4n) is 3.52. The third-order valence-electron chi connectivity index (χ3n) is 5.51. The van der Waals surface area contributed by atoms with Crippen molar-refractivity contribution in [2.24, 2.45) is 5.16 Å². The number of thioether (sulfide) groups is 1. The van der Waals surface area contributed by atoms with Crippen LogP contribution in [0.5, 0.6) is 0 Å². The molecule has 0 bridgehead atoms. The van der Waals surface area contributed by atoms with Gasteiger partial charge in [-0.25, -0.2) is 13.2 Å². The maximum absolute atomic E-state index is 13.1. The Morgan fingerprint density at radius 2 is 1.32 bits per heavy atom. The summed E-state index contributed by atoms with van der Waals surface area (Å²) in [7, 11) is -3.58. The molecule has 0 aliphatic carbocycles. The molecule has 0 unspecified atom stereocenters. The van der Waals surface area contributed by atoms with Crippen molar-refractivity contribution in [3.63, 3.8) is 0 Å². The molecule has 204 valence electrons. The van der Waals surface area contributed by atoms with E-state index in [1.807, 2.05) is 12.1 Å². The molecule has 6 nitrogen and oxygen atoms in total. The minimum absolute atomic E-state index is 0.146. The molecule has 4 rings (SSSR count). The van der Waals surface area contributed by atoms with Crippen LogP contribution in [0.2, 0.25) is 5.02 Å². The number of hydrogen-bond acceptors (Lipinski definition) is 8. The third-order valence-corrected chi connectivity index (χ3v) is 9.57. The maximum Gasteiger partial charge on any atom is 0.331 e. The Labute approximate surface area is 246 Å². The number of hydrogen-bond donors (Lipinski definition) is 0. The van der Waals surface area contributed by atoms with E-state index in [2.05, 4.69) is 5.16 Å². The van der Waals surface area contributed by atoms with Gasteiger partial charge in [-0.3, -0.25) is 4.79 Å². The van der Waals surface area contributed by atoms with Crippen LogP contribution in [0.3, 0.4) is 0 Å². The summed E-state index contributed by atoms with van der Waals surface area (Å²) in [5, 5.41) is 4.46. The van der Waals surface area contributed by atoms with Crippen LogP contribution in [0.15, 0.2) is 133 Å². The van der Waals surface area contributed by atoms with E-state index >= 15 is 0 Å². The minimum Gasteiger partial charge on any atom is -0.318 e. The Kier molecular flexibility index (Phi) is 10.2. The Morgan fingerprint density at radius 1 is 0.775 bits per heavy atom. The number of carbonyl (C=O) groups excluding carboxylic acids is 2. The summed E-state index contributed by atoms with van der Waals surface area (Å²) >= 11 is 8.91. The molecule has 0 aromatic heterocycles. The molecule has 40 heavy (non-hydrogen) atoms. The molecule has 0 radical (unpaired) electrons. The van der Waals surface area contributed by atoms with E-state index in [1.54, 1.807) is 91.0 Å². The topological polar surface area (TPSA) is 89.9 Å². The Balaban J connectivity index is 1.41. The summed E-state index contributed by atoms with van der Waals surface area (Å²) in [6, 6.07) is 29.3. The number of sulfone groups is 1. The van der Waals surface area contributed by atoms with Gasteiger partial charge in [0.2, 0.25) is 15.6 Å². The lowest BCUT2D eigenvalue weighted by molar-refractivity contribution is -0.140. The number of carbonyl (C=O) groups is 2. The molecule has 0 fully saturated rings. The van der Waals surface area contributed by atoms with Crippen molar-refractivity contribution in [1.82, 2.24) is 0 Å². The highest BCUT2D eigenvalue weighted by Gasteiger charge is 2.18. The molecule has 0 N–H and O–H groups in total. The maximum atomic E-state index is 13.1. The highest BCUT2D eigenvalue weighted by Crippen LogP contribution is 2.30. The van der Waals surface area contributed by atoms with E-state index in [9.17, 15) is 18.0 Å². The Morgan fingerprint density at radius 3 is 1.93 bits per heavy atom. The van der Waals surface area contributed by atoms with E-state index in [0.717, 1.165) is 14.7 Å². The molecule has 0 saturated heterocycles. The third kappa shape index (κ3) is 8.08. The van der Waals surface area contributed by atoms with Crippen LogP contribution >= 0.6 is 35.1 Å². The first-order chi connectivity index (χ1) is 19.2. The first kappa shape index (κ1) is 29.6. The van der Waals surface area contributed by atoms with Crippen LogP contribution in [-0.4, -0.2) is 31.6 Å². The highest BCUT2D eigenvalue weighted by molar-refractivity contribution is 7.99. The standard InChI is InChI=1S/C30H24ClNO5S3/c1-21(33)37-32-29(19-20-38-24-13-9-23(31)10-14-24)30(34)22-7-11-25(12-8-22)39-26-15-17-28(18-16-26)40(35,36)27-5-3-2-4-6-27/h2-18H,19-20H2,1H3. The first-order valence-corrected chi connectivity index (χ1v) is 15.7. The quantitative estimate of drug-likeness (QED) is 0.0568. The monoisotopic (exact) mass is 609 g/mol. The second-order valence-electron chi connectivity index (χ2n) is 8.42. The predicted octanol–water partition coefficient (Wildman–Crippen LogP) is 7.61. The zero-order valence-corrected chi connectivity index (χ0v) is 24.5. The molecule has 4 aromatic carbocycles. The molecule has 0 amide bonds. The highest BCUT2D eigenvalue weighted by atomic mass is 35.5. The van der Waals surface area contributed by atoms with Crippen LogP contribution < -0.4 is 0 Å². The average molecular weight is 610 g/mol. The van der Waals surface area contributed by atoms with Crippen LogP contribution in [0.25, 0.3) is 0 Å². The van der Waals surface area contributed by atoms with Gasteiger partial charge in [-0.1, -0.05) is 46.7 Å². The van der Waals surface area contributed by atoms with Crippen LogP contribution in [-0.2, 0) is 19.5 Å². The van der Waals surface area contributed by atoms with E-state index in [4.69, 9.17) is 16.4 Å². The first-order valence-electron chi connectivity index (χ1n) is 12.1. The summed E-state index contributed by atoms with van der Waals surface area (Å²) in [6.45, 7) is 1.23. The number of Topliss-reactive ketones (excluding diaryl/α,β-unsaturated/α-hetero) is 1. The van der Waals surface area contributed by atoms with Gasteiger partial charge in [-0.05, 0) is 84.9 Å². The van der Waals surface area contributed by atoms with E-state index < -0.39 is 15.8 Å². The smallest absolute Gasteiger partial charge is 0.318 e. The number of ketones is 1. The molecule has 0 spiro atoms. The molecular weight excluding hydrogens is 586 g/mol. The molecule has 0 aliphatic rings. The minimum atomic E-state index is -3.58.